The van der Waals surface area contributed by atoms with Crippen molar-refractivity contribution in [2.45, 2.75) is 6.42 Å². The highest BCUT2D eigenvalue weighted by Gasteiger charge is 1.93. The molecule has 1 aromatic rings. The molecular formula is C9H13IN2O. The van der Waals surface area contributed by atoms with Crippen LogP contribution in [-0.4, -0.2) is 25.2 Å². The van der Waals surface area contributed by atoms with Crippen LogP contribution in [0.3, 0.4) is 0 Å². The molecule has 1 N–H and O–H groups in total. The van der Waals surface area contributed by atoms with Gasteiger partial charge in [0.1, 0.15) is 5.82 Å². The first-order valence-corrected chi connectivity index (χ1v) is 5.25. The highest BCUT2D eigenvalue weighted by Crippen LogP contribution is 2.08. The van der Waals surface area contributed by atoms with E-state index in [-0.39, 0.29) is 0 Å². The van der Waals surface area contributed by atoms with Gasteiger partial charge in [-0.25, -0.2) is 4.98 Å². The van der Waals surface area contributed by atoms with Crippen LogP contribution in [0.4, 0.5) is 5.82 Å². The monoisotopic (exact) mass is 292 g/mol. The minimum absolute atomic E-state index is 0.789. The van der Waals surface area contributed by atoms with Crippen LogP contribution >= 0.6 is 22.6 Å². The maximum atomic E-state index is 4.94. The Hall–Kier alpha value is -0.360. The van der Waals surface area contributed by atoms with Gasteiger partial charge in [-0.1, -0.05) is 0 Å². The molecule has 0 amide bonds. The average Bonchev–Trinajstić information content (AvgIpc) is 2.13. The zero-order valence-corrected chi connectivity index (χ0v) is 9.74. The van der Waals surface area contributed by atoms with Crippen molar-refractivity contribution in [2.24, 2.45) is 0 Å². The average molecular weight is 292 g/mol. The van der Waals surface area contributed by atoms with Crippen LogP contribution < -0.4 is 5.32 Å². The van der Waals surface area contributed by atoms with Gasteiger partial charge < -0.3 is 10.1 Å². The standard InChI is InChI=1S/C9H13IN2O/c1-13-6-2-4-11-9-7-8(10)3-5-12-9/h3,5,7H,2,4,6H2,1H3,(H,11,12). The molecule has 72 valence electrons. The van der Waals surface area contributed by atoms with E-state index in [0.29, 0.717) is 0 Å². The van der Waals surface area contributed by atoms with Crippen LogP contribution in [-0.2, 0) is 4.74 Å². The molecule has 0 atom stereocenters. The number of halogens is 1. The van der Waals surface area contributed by atoms with Gasteiger partial charge >= 0.3 is 0 Å². The van der Waals surface area contributed by atoms with Crippen LogP contribution in [0.1, 0.15) is 6.42 Å². The molecule has 0 aliphatic rings. The summed E-state index contributed by atoms with van der Waals surface area (Å²) in [5.41, 5.74) is 0. The van der Waals surface area contributed by atoms with Gasteiger partial charge in [0, 0.05) is 30.0 Å². The SMILES string of the molecule is COCCCNc1cc(I)ccn1. The van der Waals surface area contributed by atoms with Gasteiger partial charge in [0.2, 0.25) is 0 Å². The van der Waals surface area contributed by atoms with Gasteiger partial charge in [0.25, 0.3) is 0 Å². The Morgan fingerprint density at radius 3 is 3.15 bits per heavy atom. The predicted molar refractivity (Wildman–Crippen MR) is 61.9 cm³/mol. The molecule has 0 unspecified atom stereocenters. The number of nitrogens with one attached hydrogen (secondary N) is 1. The number of methoxy groups -OCH3 is 1. The maximum Gasteiger partial charge on any atom is 0.126 e. The summed E-state index contributed by atoms with van der Waals surface area (Å²) in [6.07, 6.45) is 2.81. The first-order valence-electron chi connectivity index (χ1n) is 4.17. The van der Waals surface area contributed by atoms with Crippen molar-refractivity contribution in [1.29, 1.82) is 0 Å². The summed E-state index contributed by atoms with van der Waals surface area (Å²) in [4.78, 5) is 4.18. The molecule has 1 heterocycles. The van der Waals surface area contributed by atoms with Gasteiger partial charge in [-0.05, 0) is 41.1 Å². The lowest BCUT2D eigenvalue weighted by Gasteiger charge is -2.04. The number of hydrogen-bond acceptors (Lipinski definition) is 3. The summed E-state index contributed by atoms with van der Waals surface area (Å²) in [6.45, 7) is 1.69. The number of nitrogens with zero attached hydrogens (tertiary/aromatic N) is 1. The minimum atomic E-state index is 0.789. The Morgan fingerprint density at radius 1 is 1.62 bits per heavy atom. The fourth-order valence-corrected chi connectivity index (χ4v) is 1.39. The Morgan fingerprint density at radius 2 is 2.46 bits per heavy atom. The van der Waals surface area contributed by atoms with Gasteiger partial charge in [-0.15, -0.1) is 0 Å². The molecule has 0 radical (unpaired) electrons. The molecule has 0 spiro atoms. The number of rotatable bonds is 5. The van der Waals surface area contributed by atoms with E-state index in [0.717, 1.165) is 25.4 Å². The van der Waals surface area contributed by atoms with Crippen molar-refractivity contribution in [3.05, 3.63) is 21.9 Å². The smallest absolute Gasteiger partial charge is 0.126 e. The van der Waals surface area contributed by atoms with E-state index >= 15 is 0 Å². The third-order valence-electron chi connectivity index (χ3n) is 1.55. The quantitative estimate of drug-likeness (QED) is 0.667. The van der Waals surface area contributed by atoms with Crippen molar-refractivity contribution in [2.75, 3.05) is 25.6 Å². The normalized spacial score (nSPS) is 10.0. The highest BCUT2D eigenvalue weighted by molar-refractivity contribution is 14.1. The van der Waals surface area contributed by atoms with E-state index in [4.69, 9.17) is 4.74 Å². The Labute approximate surface area is 92.0 Å². The van der Waals surface area contributed by atoms with Crippen LogP contribution in [0.5, 0.6) is 0 Å². The zero-order valence-electron chi connectivity index (χ0n) is 7.59. The van der Waals surface area contributed by atoms with Crippen molar-refractivity contribution < 1.29 is 4.74 Å². The fraction of sp³-hybridized carbons (Fsp3) is 0.444. The topological polar surface area (TPSA) is 34.1 Å². The highest BCUT2D eigenvalue weighted by atomic mass is 127. The zero-order chi connectivity index (χ0) is 9.52. The number of ether oxygens (including phenoxy) is 1. The number of hydrogen-bond donors (Lipinski definition) is 1. The van der Waals surface area contributed by atoms with Crippen molar-refractivity contribution in [3.63, 3.8) is 0 Å². The van der Waals surface area contributed by atoms with Crippen molar-refractivity contribution >= 4 is 28.4 Å². The molecule has 0 saturated heterocycles. The van der Waals surface area contributed by atoms with Crippen LogP contribution in [0.15, 0.2) is 18.3 Å². The van der Waals surface area contributed by atoms with E-state index in [1.165, 1.54) is 3.57 Å². The second-order valence-corrected chi connectivity index (χ2v) is 3.88. The van der Waals surface area contributed by atoms with Gasteiger partial charge in [0.05, 0.1) is 0 Å². The molecule has 3 nitrogen and oxygen atoms in total. The van der Waals surface area contributed by atoms with E-state index < -0.39 is 0 Å². The molecule has 0 saturated carbocycles. The summed E-state index contributed by atoms with van der Waals surface area (Å²) in [6, 6.07) is 3.99. The summed E-state index contributed by atoms with van der Waals surface area (Å²) in [7, 11) is 1.71. The summed E-state index contributed by atoms with van der Waals surface area (Å²) >= 11 is 2.27. The minimum Gasteiger partial charge on any atom is -0.385 e. The van der Waals surface area contributed by atoms with E-state index in [1.807, 2.05) is 12.1 Å². The number of anilines is 1. The lowest BCUT2D eigenvalue weighted by Crippen LogP contribution is -2.05. The second kappa shape index (κ2) is 6.15. The second-order valence-electron chi connectivity index (χ2n) is 2.63. The Bertz CT molecular complexity index is 255. The molecule has 0 bridgehead atoms. The lowest BCUT2D eigenvalue weighted by atomic mass is 10.4. The Kier molecular flexibility index (Phi) is 5.07. The van der Waals surface area contributed by atoms with E-state index in [9.17, 15) is 0 Å². The number of pyridine rings is 1. The molecule has 0 aliphatic heterocycles. The lowest BCUT2D eigenvalue weighted by molar-refractivity contribution is 0.198. The van der Waals surface area contributed by atoms with Gasteiger partial charge in [-0.3, -0.25) is 0 Å². The van der Waals surface area contributed by atoms with Crippen LogP contribution in [0.2, 0.25) is 0 Å². The van der Waals surface area contributed by atoms with Gasteiger partial charge in [0.15, 0.2) is 0 Å². The third-order valence-corrected chi connectivity index (χ3v) is 2.22. The van der Waals surface area contributed by atoms with Crippen LogP contribution in [0, 0.1) is 3.57 Å². The molecule has 0 aromatic carbocycles. The first-order chi connectivity index (χ1) is 6.33. The molecular weight excluding hydrogens is 279 g/mol. The summed E-state index contributed by atoms with van der Waals surface area (Å²) in [5, 5.41) is 3.22. The summed E-state index contributed by atoms with van der Waals surface area (Å²) in [5.74, 6) is 0.933. The predicted octanol–water partition coefficient (Wildman–Crippen LogP) is 2.13. The molecule has 0 fully saturated rings. The van der Waals surface area contributed by atoms with E-state index in [1.54, 1.807) is 13.3 Å². The fourth-order valence-electron chi connectivity index (χ4n) is 0.934. The van der Waals surface area contributed by atoms with Gasteiger partial charge in [-0.2, -0.15) is 0 Å². The van der Waals surface area contributed by atoms with Crippen LogP contribution in [0.25, 0.3) is 0 Å². The largest absolute Gasteiger partial charge is 0.385 e. The molecule has 0 aliphatic carbocycles. The molecule has 1 aromatic heterocycles. The molecule has 4 heteroatoms. The third kappa shape index (κ3) is 4.42. The number of aromatic nitrogens is 1. The first kappa shape index (κ1) is 10.7. The van der Waals surface area contributed by atoms with Crippen molar-refractivity contribution in [3.8, 4) is 0 Å². The van der Waals surface area contributed by atoms with Crippen molar-refractivity contribution in [1.82, 2.24) is 4.98 Å². The summed E-state index contributed by atoms with van der Waals surface area (Å²) < 4.78 is 6.14. The van der Waals surface area contributed by atoms with E-state index in [2.05, 4.69) is 32.9 Å². The molecule has 1 rings (SSSR count). The Balaban J connectivity index is 2.28. The maximum absolute atomic E-state index is 4.94. The molecule has 13 heavy (non-hydrogen) atoms.